The van der Waals surface area contributed by atoms with Crippen LogP contribution in [0.3, 0.4) is 0 Å². The molecule has 0 N–H and O–H groups in total. The lowest BCUT2D eigenvalue weighted by atomic mass is 10.2. The number of hydrogen-bond acceptors (Lipinski definition) is 4. The number of rotatable bonds is 7. The van der Waals surface area contributed by atoms with Crippen molar-refractivity contribution in [2.45, 2.75) is 26.1 Å². The minimum Gasteiger partial charge on any atom is -0.491 e. The molecule has 22 heavy (non-hydrogen) atoms. The minimum absolute atomic E-state index is 0.293. The third kappa shape index (κ3) is 5.94. The van der Waals surface area contributed by atoms with E-state index in [-0.39, 0.29) is 0 Å². The van der Waals surface area contributed by atoms with Crippen LogP contribution in [-0.2, 0) is 9.47 Å². The van der Waals surface area contributed by atoms with Gasteiger partial charge in [-0.25, -0.2) is 0 Å². The summed E-state index contributed by atoms with van der Waals surface area (Å²) in [7, 11) is 0. The van der Waals surface area contributed by atoms with Gasteiger partial charge in [0.1, 0.15) is 12.4 Å². The fourth-order valence-electron chi connectivity index (χ4n) is 2.55. The second-order valence-electron chi connectivity index (χ2n) is 5.55. The molecule has 1 saturated heterocycles. The highest BCUT2D eigenvalue weighted by molar-refractivity contribution is 6.42. The van der Waals surface area contributed by atoms with Gasteiger partial charge in [0.15, 0.2) is 0 Å². The van der Waals surface area contributed by atoms with E-state index in [0.29, 0.717) is 47.8 Å². The van der Waals surface area contributed by atoms with E-state index in [0.717, 1.165) is 19.6 Å². The van der Waals surface area contributed by atoms with Crippen molar-refractivity contribution in [2.75, 3.05) is 39.5 Å². The number of morpholine rings is 1. The molecule has 1 aliphatic heterocycles. The second-order valence-corrected chi connectivity index (χ2v) is 6.37. The van der Waals surface area contributed by atoms with Crippen molar-refractivity contribution < 1.29 is 14.2 Å². The molecule has 1 heterocycles. The van der Waals surface area contributed by atoms with Crippen LogP contribution in [0, 0.1) is 0 Å². The molecule has 1 aliphatic rings. The molecule has 0 aromatic heterocycles. The summed E-state index contributed by atoms with van der Waals surface area (Å²) in [6.07, 6.45) is 0.587. The van der Waals surface area contributed by atoms with Gasteiger partial charge >= 0.3 is 0 Å². The molecule has 2 rings (SSSR count). The Bertz CT molecular complexity index is 463. The fourth-order valence-corrected chi connectivity index (χ4v) is 2.84. The highest BCUT2D eigenvalue weighted by Gasteiger charge is 2.21. The Kier molecular flexibility index (Phi) is 7.25. The predicted octanol–water partition coefficient (Wildman–Crippen LogP) is 3.50. The van der Waals surface area contributed by atoms with Crippen LogP contribution < -0.4 is 4.74 Å². The van der Waals surface area contributed by atoms with Gasteiger partial charge in [-0.15, -0.1) is 0 Å². The van der Waals surface area contributed by atoms with E-state index >= 15 is 0 Å². The predicted molar refractivity (Wildman–Crippen MR) is 89.2 cm³/mol. The average molecular weight is 348 g/mol. The lowest BCUT2D eigenvalue weighted by Gasteiger charge is -2.35. The summed E-state index contributed by atoms with van der Waals surface area (Å²) in [5, 5.41) is 1.02. The summed E-state index contributed by atoms with van der Waals surface area (Å²) >= 11 is 11.8. The zero-order valence-corrected chi connectivity index (χ0v) is 14.6. The summed E-state index contributed by atoms with van der Waals surface area (Å²) < 4.78 is 16.9. The molecule has 1 aromatic carbocycles. The first-order chi connectivity index (χ1) is 10.5. The van der Waals surface area contributed by atoms with Crippen LogP contribution in [0.25, 0.3) is 0 Å². The SMILES string of the molecule is CC1CN(CCOCCOc2ccc(Cl)c(Cl)c2)CC(C)O1. The first kappa shape index (κ1) is 17.8. The van der Waals surface area contributed by atoms with Crippen LogP contribution in [0.1, 0.15) is 13.8 Å². The third-order valence-electron chi connectivity index (χ3n) is 3.43. The van der Waals surface area contributed by atoms with Crippen molar-refractivity contribution in [1.29, 1.82) is 0 Å². The van der Waals surface area contributed by atoms with Crippen molar-refractivity contribution in [3.05, 3.63) is 28.2 Å². The molecule has 1 fully saturated rings. The lowest BCUT2D eigenvalue weighted by Crippen LogP contribution is -2.46. The zero-order chi connectivity index (χ0) is 15.9. The van der Waals surface area contributed by atoms with Crippen LogP contribution in [0.5, 0.6) is 5.75 Å². The third-order valence-corrected chi connectivity index (χ3v) is 4.17. The Morgan fingerprint density at radius 2 is 1.82 bits per heavy atom. The van der Waals surface area contributed by atoms with Crippen molar-refractivity contribution in [1.82, 2.24) is 4.90 Å². The first-order valence-electron chi connectivity index (χ1n) is 7.58. The van der Waals surface area contributed by atoms with Gasteiger partial charge in [0.2, 0.25) is 0 Å². The van der Waals surface area contributed by atoms with Crippen LogP contribution in [-0.4, -0.2) is 56.6 Å². The molecular weight excluding hydrogens is 325 g/mol. The summed E-state index contributed by atoms with van der Waals surface area (Å²) in [5.41, 5.74) is 0. The van der Waals surface area contributed by atoms with Crippen molar-refractivity contribution in [3.63, 3.8) is 0 Å². The Morgan fingerprint density at radius 3 is 2.50 bits per heavy atom. The molecule has 2 unspecified atom stereocenters. The Labute approximate surface area is 142 Å². The van der Waals surface area contributed by atoms with Crippen LogP contribution in [0.2, 0.25) is 10.0 Å². The quantitative estimate of drug-likeness (QED) is 0.706. The normalized spacial score (nSPS) is 22.7. The second kappa shape index (κ2) is 8.94. The van der Waals surface area contributed by atoms with Crippen LogP contribution in [0.15, 0.2) is 18.2 Å². The van der Waals surface area contributed by atoms with E-state index in [2.05, 4.69) is 18.7 Å². The first-order valence-corrected chi connectivity index (χ1v) is 8.33. The topological polar surface area (TPSA) is 30.9 Å². The lowest BCUT2D eigenvalue weighted by molar-refractivity contribution is -0.0734. The number of benzene rings is 1. The van der Waals surface area contributed by atoms with Crippen LogP contribution >= 0.6 is 23.2 Å². The maximum absolute atomic E-state index is 5.93. The van der Waals surface area contributed by atoms with Gasteiger partial charge in [-0.1, -0.05) is 23.2 Å². The van der Waals surface area contributed by atoms with E-state index in [4.69, 9.17) is 37.4 Å². The summed E-state index contributed by atoms with van der Waals surface area (Å²) in [6, 6.07) is 5.23. The molecule has 6 heteroatoms. The number of nitrogens with zero attached hydrogens (tertiary/aromatic N) is 1. The van der Waals surface area contributed by atoms with Gasteiger partial charge in [0, 0.05) is 25.7 Å². The summed E-state index contributed by atoms with van der Waals surface area (Å²) in [4.78, 5) is 2.37. The molecule has 0 saturated carbocycles. The number of halogens is 2. The van der Waals surface area contributed by atoms with Gasteiger partial charge < -0.3 is 14.2 Å². The number of ether oxygens (including phenoxy) is 3. The molecule has 124 valence electrons. The maximum Gasteiger partial charge on any atom is 0.121 e. The highest BCUT2D eigenvalue weighted by atomic mass is 35.5. The minimum atomic E-state index is 0.293. The largest absolute Gasteiger partial charge is 0.491 e. The molecule has 1 aromatic rings. The molecule has 0 aliphatic carbocycles. The van der Waals surface area contributed by atoms with Gasteiger partial charge in [-0.2, -0.15) is 0 Å². The van der Waals surface area contributed by atoms with E-state index < -0.39 is 0 Å². The zero-order valence-electron chi connectivity index (χ0n) is 13.1. The molecule has 0 amide bonds. The van der Waals surface area contributed by atoms with Gasteiger partial charge in [0.05, 0.1) is 35.5 Å². The van der Waals surface area contributed by atoms with Gasteiger partial charge in [-0.3, -0.25) is 4.90 Å². The fraction of sp³-hybridized carbons (Fsp3) is 0.625. The molecule has 4 nitrogen and oxygen atoms in total. The Balaban J connectivity index is 1.56. The van der Waals surface area contributed by atoms with Crippen LogP contribution in [0.4, 0.5) is 0 Å². The molecule has 2 atom stereocenters. The average Bonchev–Trinajstić information content (AvgIpc) is 2.45. The van der Waals surface area contributed by atoms with E-state index in [1.165, 1.54) is 0 Å². The van der Waals surface area contributed by atoms with E-state index in [1.807, 2.05) is 0 Å². The van der Waals surface area contributed by atoms with Crippen molar-refractivity contribution >= 4 is 23.2 Å². The smallest absolute Gasteiger partial charge is 0.121 e. The Hall–Kier alpha value is -0.520. The monoisotopic (exact) mass is 347 g/mol. The van der Waals surface area contributed by atoms with Crippen molar-refractivity contribution in [2.24, 2.45) is 0 Å². The Morgan fingerprint density at radius 1 is 1.09 bits per heavy atom. The van der Waals surface area contributed by atoms with Crippen molar-refractivity contribution in [3.8, 4) is 5.75 Å². The van der Waals surface area contributed by atoms with Gasteiger partial charge in [0.25, 0.3) is 0 Å². The summed E-state index contributed by atoms with van der Waals surface area (Å²) in [6.45, 7) is 8.81. The molecule has 0 bridgehead atoms. The maximum atomic E-state index is 5.93. The number of hydrogen-bond donors (Lipinski definition) is 0. The van der Waals surface area contributed by atoms with E-state index in [9.17, 15) is 0 Å². The highest BCUT2D eigenvalue weighted by Crippen LogP contribution is 2.26. The molecular formula is C16H23Cl2NO3. The van der Waals surface area contributed by atoms with E-state index in [1.54, 1.807) is 18.2 Å². The molecule has 0 spiro atoms. The summed E-state index contributed by atoms with van der Waals surface area (Å²) in [5.74, 6) is 0.703. The molecule has 0 radical (unpaired) electrons. The standard InChI is InChI=1S/C16H23Cl2NO3/c1-12-10-19(11-13(2)22-12)5-6-20-7-8-21-14-3-4-15(17)16(18)9-14/h3-4,9,12-13H,5-8,10-11H2,1-2H3. The van der Waals surface area contributed by atoms with Gasteiger partial charge in [-0.05, 0) is 26.0 Å².